The molecule has 0 spiro atoms. The fourth-order valence-electron chi connectivity index (χ4n) is 3.18. The maximum atomic E-state index is 12.9. The van der Waals surface area contributed by atoms with E-state index in [1.807, 2.05) is 36.4 Å². The SMILES string of the molecule is CCOC(=O)CC1c2cc(Br)ccc2C(=O)N1Cc1ccc(OC)cc1. The van der Waals surface area contributed by atoms with Crippen molar-refractivity contribution in [3.8, 4) is 5.75 Å². The molecule has 0 N–H and O–H groups in total. The molecule has 6 heteroatoms. The molecule has 3 rings (SSSR count). The number of esters is 1. The lowest BCUT2D eigenvalue weighted by molar-refractivity contribution is -0.144. The van der Waals surface area contributed by atoms with Crippen LogP contribution >= 0.6 is 15.9 Å². The van der Waals surface area contributed by atoms with Crippen molar-refractivity contribution in [3.63, 3.8) is 0 Å². The van der Waals surface area contributed by atoms with Gasteiger partial charge in [0.15, 0.2) is 0 Å². The number of methoxy groups -OCH3 is 1. The van der Waals surface area contributed by atoms with Gasteiger partial charge in [0.1, 0.15) is 5.75 Å². The van der Waals surface area contributed by atoms with Gasteiger partial charge in [-0.3, -0.25) is 9.59 Å². The molecule has 2 aromatic carbocycles. The minimum absolute atomic E-state index is 0.0717. The summed E-state index contributed by atoms with van der Waals surface area (Å²) in [6.45, 7) is 2.51. The number of benzene rings is 2. The first-order chi connectivity index (χ1) is 12.5. The zero-order valence-electron chi connectivity index (χ0n) is 14.7. The van der Waals surface area contributed by atoms with Gasteiger partial charge in [0.05, 0.1) is 26.2 Å². The van der Waals surface area contributed by atoms with Crippen molar-refractivity contribution < 1.29 is 19.1 Å². The van der Waals surface area contributed by atoms with Gasteiger partial charge >= 0.3 is 5.97 Å². The molecule has 26 heavy (non-hydrogen) atoms. The molecule has 0 aliphatic carbocycles. The van der Waals surface area contributed by atoms with E-state index in [4.69, 9.17) is 9.47 Å². The maximum absolute atomic E-state index is 12.9. The van der Waals surface area contributed by atoms with Crippen LogP contribution in [0.2, 0.25) is 0 Å². The van der Waals surface area contributed by atoms with Crippen LogP contribution in [0.3, 0.4) is 0 Å². The van der Waals surface area contributed by atoms with Gasteiger partial charge in [-0.15, -0.1) is 0 Å². The Labute approximate surface area is 161 Å². The number of ether oxygens (including phenoxy) is 2. The van der Waals surface area contributed by atoms with Gasteiger partial charge in [-0.1, -0.05) is 28.1 Å². The van der Waals surface area contributed by atoms with Crippen LogP contribution in [-0.4, -0.2) is 30.5 Å². The van der Waals surface area contributed by atoms with Crippen molar-refractivity contribution in [2.75, 3.05) is 13.7 Å². The van der Waals surface area contributed by atoms with Crippen LogP contribution in [0.1, 0.15) is 40.9 Å². The molecule has 0 fully saturated rings. The maximum Gasteiger partial charge on any atom is 0.308 e. The molecule has 0 aromatic heterocycles. The summed E-state index contributed by atoms with van der Waals surface area (Å²) in [5, 5.41) is 0. The zero-order valence-corrected chi connectivity index (χ0v) is 16.3. The van der Waals surface area contributed by atoms with Crippen LogP contribution < -0.4 is 4.74 Å². The predicted octanol–water partition coefficient (Wildman–Crippen LogP) is 4.11. The average Bonchev–Trinajstić information content (AvgIpc) is 2.87. The molecule has 5 nitrogen and oxygen atoms in total. The Kier molecular flexibility index (Phi) is 5.61. The van der Waals surface area contributed by atoms with Crippen LogP contribution in [0, 0.1) is 0 Å². The second kappa shape index (κ2) is 7.91. The van der Waals surface area contributed by atoms with E-state index in [0.717, 1.165) is 21.3 Å². The molecule has 1 aliphatic heterocycles. The Bertz CT molecular complexity index is 819. The molecule has 1 amide bonds. The molecule has 1 unspecified atom stereocenters. The molecule has 0 saturated carbocycles. The lowest BCUT2D eigenvalue weighted by Crippen LogP contribution is -2.29. The highest BCUT2D eigenvalue weighted by atomic mass is 79.9. The normalized spacial score (nSPS) is 15.7. The second-order valence-corrected chi connectivity index (χ2v) is 6.95. The van der Waals surface area contributed by atoms with E-state index in [1.54, 1.807) is 25.0 Å². The van der Waals surface area contributed by atoms with Gasteiger partial charge < -0.3 is 14.4 Å². The summed E-state index contributed by atoms with van der Waals surface area (Å²) in [5.74, 6) is 0.382. The third-order valence-corrected chi connectivity index (χ3v) is 4.91. The van der Waals surface area contributed by atoms with Crippen LogP contribution in [0.25, 0.3) is 0 Å². The first-order valence-electron chi connectivity index (χ1n) is 8.42. The molecule has 0 radical (unpaired) electrons. The van der Waals surface area contributed by atoms with E-state index in [9.17, 15) is 9.59 Å². The second-order valence-electron chi connectivity index (χ2n) is 6.04. The van der Waals surface area contributed by atoms with Crippen molar-refractivity contribution in [2.45, 2.75) is 25.9 Å². The lowest BCUT2D eigenvalue weighted by atomic mass is 10.0. The minimum Gasteiger partial charge on any atom is -0.497 e. The van der Waals surface area contributed by atoms with E-state index in [-0.39, 0.29) is 24.3 Å². The quantitative estimate of drug-likeness (QED) is 0.663. The fourth-order valence-corrected chi connectivity index (χ4v) is 3.55. The smallest absolute Gasteiger partial charge is 0.308 e. The molecule has 1 heterocycles. The van der Waals surface area contributed by atoms with Crippen LogP contribution in [0.15, 0.2) is 46.9 Å². The standard InChI is InChI=1S/C20H20BrNO4/c1-3-26-19(23)11-18-17-10-14(21)6-9-16(17)20(24)22(18)12-13-4-7-15(25-2)8-5-13/h4-10,18H,3,11-12H2,1-2H3. The highest BCUT2D eigenvalue weighted by Gasteiger charge is 2.38. The lowest BCUT2D eigenvalue weighted by Gasteiger charge is -2.25. The summed E-state index contributed by atoms with van der Waals surface area (Å²) in [4.78, 5) is 26.7. The Morgan fingerprint density at radius 2 is 1.92 bits per heavy atom. The van der Waals surface area contributed by atoms with Crippen molar-refractivity contribution in [3.05, 3.63) is 63.6 Å². The number of halogens is 1. The molecule has 2 aromatic rings. The third kappa shape index (κ3) is 3.75. The minimum atomic E-state index is -0.337. The number of fused-ring (bicyclic) bond motifs is 1. The molecule has 0 saturated heterocycles. The fraction of sp³-hybridized carbons (Fsp3) is 0.300. The first-order valence-corrected chi connectivity index (χ1v) is 9.21. The van der Waals surface area contributed by atoms with Crippen molar-refractivity contribution >= 4 is 27.8 Å². The van der Waals surface area contributed by atoms with Crippen molar-refractivity contribution in [2.24, 2.45) is 0 Å². The summed E-state index contributed by atoms with van der Waals surface area (Å²) >= 11 is 3.45. The van der Waals surface area contributed by atoms with Crippen LogP contribution in [0.5, 0.6) is 5.75 Å². The van der Waals surface area contributed by atoms with Gasteiger partial charge in [0, 0.05) is 16.6 Å². The highest BCUT2D eigenvalue weighted by molar-refractivity contribution is 9.10. The largest absolute Gasteiger partial charge is 0.497 e. The van der Waals surface area contributed by atoms with Crippen LogP contribution in [0.4, 0.5) is 0 Å². The monoisotopic (exact) mass is 417 g/mol. The van der Waals surface area contributed by atoms with Gasteiger partial charge in [0.25, 0.3) is 5.91 Å². The number of hydrogen-bond donors (Lipinski definition) is 0. The topological polar surface area (TPSA) is 55.8 Å². The van der Waals surface area contributed by atoms with Gasteiger partial charge in [-0.25, -0.2) is 0 Å². The number of nitrogens with zero attached hydrogens (tertiary/aromatic N) is 1. The van der Waals surface area contributed by atoms with E-state index in [0.29, 0.717) is 18.7 Å². The zero-order chi connectivity index (χ0) is 18.7. The molecule has 0 bridgehead atoms. The summed E-state index contributed by atoms with van der Waals surface area (Å²) in [5.41, 5.74) is 2.46. The Morgan fingerprint density at radius 3 is 2.58 bits per heavy atom. The number of hydrogen-bond acceptors (Lipinski definition) is 4. The third-order valence-electron chi connectivity index (χ3n) is 4.42. The van der Waals surface area contributed by atoms with Gasteiger partial charge in [-0.05, 0) is 48.4 Å². The van der Waals surface area contributed by atoms with Gasteiger partial charge in [0.2, 0.25) is 0 Å². The number of carbonyl (C=O) groups excluding carboxylic acids is 2. The molecule has 1 aliphatic rings. The van der Waals surface area contributed by atoms with E-state index < -0.39 is 0 Å². The number of amides is 1. The summed E-state index contributed by atoms with van der Waals surface area (Å²) in [7, 11) is 1.61. The Hall–Kier alpha value is -2.34. The highest BCUT2D eigenvalue weighted by Crippen LogP contribution is 2.38. The summed E-state index contributed by atoms with van der Waals surface area (Å²) in [6.07, 6.45) is 0.138. The Morgan fingerprint density at radius 1 is 1.19 bits per heavy atom. The molecular weight excluding hydrogens is 398 g/mol. The summed E-state index contributed by atoms with van der Waals surface area (Å²) < 4.78 is 11.2. The van der Waals surface area contributed by atoms with Crippen LogP contribution in [-0.2, 0) is 16.1 Å². The molecular formula is C20H20BrNO4. The van der Waals surface area contributed by atoms with Gasteiger partial charge in [-0.2, -0.15) is 0 Å². The first kappa shape index (κ1) is 18.5. The molecule has 1 atom stereocenters. The average molecular weight is 418 g/mol. The van der Waals surface area contributed by atoms with Crippen molar-refractivity contribution in [1.29, 1.82) is 0 Å². The van der Waals surface area contributed by atoms with E-state index in [1.165, 1.54) is 0 Å². The number of carbonyl (C=O) groups is 2. The number of rotatable bonds is 6. The van der Waals surface area contributed by atoms with Crippen molar-refractivity contribution in [1.82, 2.24) is 4.90 Å². The predicted molar refractivity (Wildman–Crippen MR) is 101 cm³/mol. The molecule has 136 valence electrons. The Balaban J connectivity index is 1.90. The van der Waals surface area contributed by atoms with E-state index in [2.05, 4.69) is 15.9 Å². The summed E-state index contributed by atoms with van der Waals surface area (Å²) in [6, 6.07) is 12.8. The van der Waals surface area contributed by atoms with E-state index >= 15 is 0 Å².